The number of aryl methyl sites for hydroxylation is 1. The summed E-state index contributed by atoms with van der Waals surface area (Å²) in [5.74, 6) is 6.25. The molecule has 0 spiro atoms. The predicted molar refractivity (Wildman–Crippen MR) is 105 cm³/mol. The van der Waals surface area contributed by atoms with E-state index in [-0.39, 0.29) is 17.9 Å². The Bertz CT molecular complexity index is 756. The van der Waals surface area contributed by atoms with Gasteiger partial charge < -0.3 is 11.1 Å². The van der Waals surface area contributed by atoms with Gasteiger partial charge in [-0.1, -0.05) is 37.0 Å². The molecule has 3 rings (SSSR count). The zero-order chi connectivity index (χ0) is 19.4. The zero-order valence-corrected chi connectivity index (χ0v) is 15.9. The normalized spacial score (nSPS) is 20.4. The fourth-order valence-corrected chi connectivity index (χ4v) is 3.86. The van der Waals surface area contributed by atoms with Crippen molar-refractivity contribution >= 4 is 5.91 Å². The van der Waals surface area contributed by atoms with Crippen molar-refractivity contribution in [1.29, 1.82) is 5.26 Å². The molecule has 2 aliphatic carbocycles. The van der Waals surface area contributed by atoms with Gasteiger partial charge in [0.05, 0.1) is 12.1 Å². The van der Waals surface area contributed by atoms with Gasteiger partial charge in [0, 0.05) is 17.5 Å². The first-order valence-corrected chi connectivity index (χ1v) is 9.75. The van der Waals surface area contributed by atoms with Gasteiger partial charge in [-0.25, -0.2) is 5.84 Å². The minimum Gasteiger partial charge on any atom is -0.399 e. The van der Waals surface area contributed by atoms with E-state index < -0.39 is 5.54 Å². The van der Waals surface area contributed by atoms with E-state index in [2.05, 4.69) is 11.4 Å². The van der Waals surface area contributed by atoms with E-state index in [4.69, 9.17) is 11.6 Å². The number of hydrogen-bond donors (Lipinski definition) is 3. The third kappa shape index (κ3) is 4.42. The largest absolute Gasteiger partial charge is 0.399 e. The van der Waals surface area contributed by atoms with Crippen molar-refractivity contribution in [3.05, 3.63) is 47.3 Å². The third-order valence-electron chi connectivity index (χ3n) is 5.76. The predicted octanol–water partition coefficient (Wildman–Crippen LogP) is 2.71. The van der Waals surface area contributed by atoms with Crippen molar-refractivity contribution in [2.45, 2.75) is 63.5 Å². The van der Waals surface area contributed by atoms with Crippen LogP contribution in [0.5, 0.6) is 0 Å². The van der Waals surface area contributed by atoms with Crippen LogP contribution in [-0.4, -0.2) is 22.5 Å². The number of nitriles is 1. The zero-order valence-electron chi connectivity index (χ0n) is 15.9. The fourth-order valence-electron chi connectivity index (χ4n) is 3.86. The van der Waals surface area contributed by atoms with Gasteiger partial charge in [0.25, 0.3) is 5.91 Å². The highest BCUT2D eigenvalue weighted by atomic mass is 16.1. The van der Waals surface area contributed by atoms with E-state index in [1.165, 1.54) is 11.4 Å². The average molecular weight is 367 g/mol. The van der Waals surface area contributed by atoms with E-state index >= 15 is 0 Å². The minimum absolute atomic E-state index is 0.129. The first-order chi connectivity index (χ1) is 12.9. The molecule has 2 saturated carbocycles. The summed E-state index contributed by atoms with van der Waals surface area (Å²) in [6.07, 6.45) is 8.70. The van der Waals surface area contributed by atoms with Gasteiger partial charge in [-0.15, -0.1) is 0 Å². The molecule has 6 heteroatoms. The Kier molecular flexibility index (Phi) is 5.71. The molecule has 0 bridgehead atoms. The summed E-state index contributed by atoms with van der Waals surface area (Å²) in [5, 5.41) is 13.9. The molecule has 1 atom stereocenters. The Labute approximate surface area is 161 Å². The summed E-state index contributed by atoms with van der Waals surface area (Å²) < 4.78 is 0. The molecular formula is C21H29N5O. The first kappa shape index (κ1) is 19.2. The van der Waals surface area contributed by atoms with Crippen LogP contribution in [0.2, 0.25) is 0 Å². The summed E-state index contributed by atoms with van der Waals surface area (Å²) in [4.78, 5) is 12.8. The SMILES string of the molecule is Cc1cccc(C(=O)N[C@H](/C(N)=C/N(N)C2(C#N)CC2)C2CCCCC2)c1. The number of nitrogens with zero attached hydrogens (tertiary/aromatic N) is 2. The van der Waals surface area contributed by atoms with E-state index in [0.29, 0.717) is 11.3 Å². The summed E-state index contributed by atoms with van der Waals surface area (Å²) in [5.41, 5.74) is 7.95. The van der Waals surface area contributed by atoms with Crippen LogP contribution in [0.1, 0.15) is 60.9 Å². The van der Waals surface area contributed by atoms with Crippen LogP contribution >= 0.6 is 0 Å². The van der Waals surface area contributed by atoms with E-state index in [9.17, 15) is 10.1 Å². The van der Waals surface area contributed by atoms with Crippen LogP contribution in [0.3, 0.4) is 0 Å². The molecule has 1 amide bonds. The van der Waals surface area contributed by atoms with Crippen LogP contribution in [0, 0.1) is 24.2 Å². The Morgan fingerprint density at radius 1 is 1.37 bits per heavy atom. The second-order valence-electron chi connectivity index (χ2n) is 7.90. The van der Waals surface area contributed by atoms with E-state index in [1.54, 1.807) is 6.20 Å². The van der Waals surface area contributed by atoms with Crippen LogP contribution in [-0.2, 0) is 0 Å². The van der Waals surface area contributed by atoms with E-state index in [0.717, 1.165) is 44.1 Å². The Morgan fingerprint density at radius 3 is 2.67 bits per heavy atom. The van der Waals surface area contributed by atoms with Crippen molar-refractivity contribution < 1.29 is 4.79 Å². The van der Waals surface area contributed by atoms with Crippen LogP contribution in [0.4, 0.5) is 0 Å². The smallest absolute Gasteiger partial charge is 0.251 e. The highest BCUT2D eigenvalue weighted by molar-refractivity contribution is 5.94. The average Bonchev–Trinajstić information content (AvgIpc) is 3.48. The molecule has 6 nitrogen and oxygen atoms in total. The quantitative estimate of drug-likeness (QED) is 0.529. The fraction of sp³-hybridized carbons (Fsp3) is 0.524. The topological polar surface area (TPSA) is 108 Å². The van der Waals surface area contributed by atoms with Gasteiger partial charge in [-0.05, 0) is 50.7 Å². The van der Waals surface area contributed by atoms with Gasteiger partial charge in [0.1, 0.15) is 5.54 Å². The van der Waals surface area contributed by atoms with Crippen molar-refractivity contribution in [3.63, 3.8) is 0 Å². The third-order valence-corrected chi connectivity index (χ3v) is 5.76. The molecule has 144 valence electrons. The molecule has 27 heavy (non-hydrogen) atoms. The van der Waals surface area contributed by atoms with Gasteiger partial charge in [0.15, 0.2) is 0 Å². The van der Waals surface area contributed by atoms with Crippen LogP contribution in [0.15, 0.2) is 36.2 Å². The molecule has 0 saturated heterocycles. The lowest BCUT2D eigenvalue weighted by molar-refractivity contribution is 0.0922. The molecular weight excluding hydrogens is 338 g/mol. The van der Waals surface area contributed by atoms with Gasteiger partial charge in [0.2, 0.25) is 0 Å². The molecule has 0 aromatic heterocycles. The molecule has 2 fully saturated rings. The summed E-state index contributed by atoms with van der Waals surface area (Å²) >= 11 is 0. The summed E-state index contributed by atoms with van der Waals surface area (Å²) in [6, 6.07) is 9.51. The summed E-state index contributed by atoms with van der Waals surface area (Å²) in [7, 11) is 0. The monoisotopic (exact) mass is 367 g/mol. The molecule has 1 aromatic carbocycles. The molecule has 2 aliphatic rings. The standard InChI is InChI=1S/C21H29N5O/c1-15-6-5-9-17(12-15)20(27)25-19(16-7-3-2-4-8-16)18(23)13-26(24)21(14-22)10-11-21/h5-6,9,12-13,16,19H,2-4,7-8,10-11,23-24H2,1H3,(H,25,27)/b18-13-/t19-/m0/s1. The number of benzene rings is 1. The molecule has 0 radical (unpaired) electrons. The molecule has 5 N–H and O–H groups in total. The molecule has 0 aliphatic heterocycles. The lowest BCUT2D eigenvalue weighted by atomic mass is 9.82. The van der Waals surface area contributed by atoms with Crippen LogP contribution in [0.25, 0.3) is 0 Å². The highest BCUT2D eigenvalue weighted by Gasteiger charge is 2.47. The molecule has 1 aromatic rings. The number of rotatable bonds is 6. The Hall–Kier alpha value is -2.52. The van der Waals surface area contributed by atoms with Gasteiger partial charge in [-0.2, -0.15) is 5.26 Å². The number of amides is 1. The number of carbonyl (C=O) groups excluding carboxylic acids is 1. The summed E-state index contributed by atoms with van der Waals surface area (Å²) in [6.45, 7) is 1.97. The van der Waals surface area contributed by atoms with Crippen molar-refractivity contribution in [1.82, 2.24) is 10.3 Å². The van der Waals surface area contributed by atoms with Crippen molar-refractivity contribution in [2.75, 3.05) is 0 Å². The maximum atomic E-state index is 12.8. The number of hydrogen-bond acceptors (Lipinski definition) is 5. The van der Waals surface area contributed by atoms with Crippen LogP contribution < -0.4 is 16.9 Å². The Balaban J connectivity index is 1.80. The number of nitrogens with one attached hydrogen (secondary N) is 1. The second kappa shape index (κ2) is 8.01. The molecule has 0 heterocycles. The van der Waals surface area contributed by atoms with Gasteiger partial charge in [-0.3, -0.25) is 9.80 Å². The number of nitrogens with two attached hydrogens (primary N) is 2. The minimum atomic E-state index is -0.637. The second-order valence-corrected chi connectivity index (χ2v) is 7.90. The van der Waals surface area contributed by atoms with Crippen molar-refractivity contribution in [2.24, 2.45) is 17.5 Å². The van der Waals surface area contributed by atoms with Crippen molar-refractivity contribution in [3.8, 4) is 6.07 Å². The number of carbonyl (C=O) groups is 1. The Morgan fingerprint density at radius 2 is 2.07 bits per heavy atom. The lowest BCUT2D eigenvalue weighted by Gasteiger charge is -2.32. The molecule has 0 unspecified atom stereocenters. The maximum Gasteiger partial charge on any atom is 0.251 e. The lowest BCUT2D eigenvalue weighted by Crippen LogP contribution is -2.46. The van der Waals surface area contributed by atoms with E-state index in [1.807, 2.05) is 31.2 Å². The highest BCUT2D eigenvalue weighted by Crippen LogP contribution is 2.39. The van der Waals surface area contributed by atoms with Gasteiger partial charge >= 0.3 is 0 Å². The number of hydrazine groups is 1. The first-order valence-electron chi connectivity index (χ1n) is 9.75. The maximum absolute atomic E-state index is 12.8.